The molecule has 1 aromatic rings. The van der Waals surface area contributed by atoms with E-state index in [2.05, 4.69) is 5.10 Å². The number of aryl methyl sites for hydroxylation is 1. The molecule has 1 heterocycles. The van der Waals surface area contributed by atoms with Gasteiger partial charge in [-0.3, -0.25) is 4.68 Å². The molecule has 0 amide bonds. The van der Waals surface area contributed by atoms with Crippen molar-refractivity contribution in [2.75, 3.05) is 0 Å². The van der Waals surface area contributed by atoms with E-state index in [0.29, 0.717) is 11.7 Å². The summed E-state index contributed by atoms with van der Waals surface area (Å²) in [6.07, 6.45) is 1.82. The molecule has 0 fully saturated rings. The summed E-state index contributed by atoms with van der Waals surface area (Å²) in [5.41, 5.74) is 0.183. The Morgan fingerprint density at radius 2 is 2.25 bits per heavy atom. The van der Waals surface area contributed by atoms with Gasteiger partial charge < -0.3 is 5.11 Å². The summed E-state index contributed by atoms with van der Waals surface area (Å²) >= 11 is 5.74. The molecule has 0 aliphatic carbocycles. The summed E-state index contributed by atoms with van der Waals surface area (Å²) in [5, 5.41) is 14.0. The molecule has 4 heteroatoms. The van der Waals surface area contributed by atoms with Gasteiger partial charge in [0.05, 0.1) is 12.1 Å². The topological polar surface area (TPSA) is 38.0 Å². The number of hydrogen-bond acceptors (Lipinski definition) is 2. The van der Waals surface area contributed by atoms with Gasteiger partial charge in [-0.05, 0) is 20.8 Å². The maximum absolute atomic E-state index is 9.47. The number of halogens is 1. The van der Waals surface area contributed by atoms with E-state index in [1.54, 1.807) is 18.5 Å². The normalized spacial score (nSPS) is 12.1. The molecule has 3 nitrogen and oxygen atoms in total. The smallest absolute Gasteiger partial charge is 0.153 e. The van der Waals surface area contributed by atoms with Gasteiger partial charge in [-0.25, -0.2) is 0 Å². The van der Waals surface area contributed by atoms with Crippen LogP contribution in [-0.2, 0) is 6.54 Å². The van der Waals surface area contributed by atoms with E-state index in [9.17, 15) is 5.11 Å². The second-order valence-corrected chi connectivity index (χ2v) is 3.97. The fourth-order valence-electron chi connectivity index (χ4n) is 0.975. The maximum atomic E-state index is 9.47. The van der Waals surface area contributed by atoms with Gasteiger partial charge in [0.25, 0.3) is 0 Å². The Kier molecular flexibility index (Phi) is 2.44. The molecule has 1 rings (SSSR count). The highest BCUT2D eigenvalue weighted by Crippen LogP contribution is 2.13. The van der Waals surface area contributed by atoms with Gasteiger partial charge in [0.2, 0.25) is 0 Å². The lowest BCUT2D eigenvalue weighted by Crippen LogP contribution is -2.26. The molecule has 0 bridgehead atoms. The van der Waals surface area contributed by atoms with E-state index < -0.39 is 5.60 Å². The van der Waals surface area contributed by atoms with Crippen LogP contribution in [0.1, 0.15) is 19.4 Å². The van der Waals surface area contributed by atoms with Crippen LogP contribution < -0.4 is 0 Å². The molecular formula is C8H13ClN2O. The number of nitrogens with zero attached hydrogens (tertiary/aromatic N) is 2. The Morgan fingerprint density at radius 3 is 2.58 bits per heavy atom. The summed E-state index contributed by atoms with van der Waals surface area (Å²) < 4.78 is 1.65. The molecule has 1 N–H and O–H groups in total. The third kappa shape index (κ3) is 2.50. The van der Waals surface area contributed by atoms with Crippen LogP contribution in [-0.4, -0.2) is 20.5 Å². The van der Waals surface area contributed by atoms with Crippen molar-refractivity contribution in [2.45, 2.75) is 32.9 Å². The lowest BCUT2D eigenvalue weighted by Gasteiger charge is -2.16. The number of hydrogen-bond donors (Lipinski definition) is 1. The van der Waals surface area contributed by atoms with E-state index >= 15 is 0 Å². The van der Waals surface area contributed by atoms with Crippen molar-refractivity contribution < 1.29 is 5.11 Å². The average Bonchev–Trinajstić information content (AvgIpc) is 2.07. The first-order valence-electron chi connectivity index (χ1n) is 3.80. The molecule has 0 aromatic carbocycles. The number of aliphatic hydroxyl groups is 1. The highest BCUT2D eigenvalue weighted by Gasteiger charge is 2.14. The SMILES string of the molecule is Cc1cn(CC(C)(C)O)nc1Cl. The molecule has 0 saturated heterocycles. The van der Waals surface area contributed by atoms with Crippen molar-refractivity contribution in [2.24, 2.45) is 0 Å². The van der Waals surface area contributed by atoms with Crippen molar-refractivity contribution in [1.29, 1.82) is 0 Å². The van der Waals surface area contributed by atoms with E-state index in [1.807, 2.05) is 13.1 Å². The minimum absolute atomic E-state index is 0.459. The van der Waals surface area contributed by atoms with Crippen molar-refractivity contribution in [3.63, 3.8) is 0 Å². The summed E-state index contributed by atoms with van der Waals surface area (Å²) in [4.78, 5) is 0. The van der Waals surface area contributed by atoms with Crippen LogP contribution in [0.3, 0.4) is 0 Å². The van der Waals surface area contributed by atoms with E-state index in [1.165, 1.54) is 0 Å². The molecule has 0 saturated carbocycles. The monoisotopic (exact) mass is 188 g/mol. The fraction of sp³-hybridized carbons (Fsp3) is 0.625. The largest absolute Gasteiger partial charge is 0.389 e. The maximum Gasteiger partial charge on any atom is 0.153 e. The van der Waals surface area contributed by atoms with E-state index in [0.717, 1.165) is 5.56 Å². The summed E-state index contributed by atoms with van der Waals surface area (Å²) in [7, 11) is 0. The molecule has 68 valence electrons. The lowest BCUT2D eigenvalue weighted by atomic mass is 10.1. The van der Waals surface area contributed by atoms with Crippen LogP contribution in [0.2, 0.25) is 5.15 Å². The predicted molar refractivity (Wildman–Crippen MR) is 48.3 cm³/mol. The summed E-state index contributed by atoms with van der Waals surface area (Å²) in [6, 6.07) is 0. The van der Waals surface area contributed by atoms with Crippen LogP contribution in [0.4, 0.5) is 0 Å². The second-order valence-electron chi connectivity index (χ2n) is 3.61. The Labute approximate surface area is 77.0 Å². The summed E-state index contributed by atoms with van der Waals surface area (Å²) in [5.74, 6) is 0. The van der Waals surface area contributed by atoms with Gasteiger partial charge >= 0.3 is 0 Å². The van der Waals surface area contributed by atoms with E-state index in [4.69, 9.17) is 11.6 Å². The second kappa shape index (κ2) is 3.07. The first kappa shape index (κ1) is 9.55. The van der Waals surface area contributed by atoms with Gasteiger partial charge in [-0.1, -0.05) is 11.6 Å². The molecule has 12 heavy (non-hydrogen) atoms. The molecule has 0 atom stereocenters. The van der Waals surface area contributed by atoms with Crippen molar-refractivity contribution in [3.05, 3.63) is 16.9 Å². The highest BCUT2D eigenvalue weighted by molar-refractivity contribution is 6.30. The zero-order valence-corrected chi connectivity index (χ0v) is 8.26. The standard InChI is InChI=1S/C8H13ClN2O/c1-6-4-11(10-7(6)9)5-8(2,3)12/h4,12H,5H2,1-3H3. The van der Waals surface area contributed by atoms with Crippen molar-refractivity contribution in [1.82, 2.24) is 9.78 Å². The quantitative estimate of drug-likeness (QED) is 0.766. The van der Waals surface area contributed by atoms with Crippen LogP contribution in [0.5, 0.6) is 0 Å². The minimum atomic E-state index is -0.748. The predicted octanol–water partition coefficient (Wildman–Crippen LogP) is 1.62. The molecule has 0 unspecified atom stereocenters. The zero-order valence-electron chi connectivity index (χ0n) is 7.50. The first-order chi connectivity index (χ1) is 5.38. The van der Waals surface area contributed by atoms with Crippen LogP contribution in [0.15, 0.2) is 6.20 Å². The van der Waals surface area contributed by atoms with Gasteiger partial charge in [0.1, 0.15) is 0 Å². The molecule has 0 aliphatic heterocycles. The Hall–Kier alpha value is -0.540. The number of rotatable bonds is 2. The fourth-order valence-corrected chi connectivity index (χ4v) is 1.12. The molecule has 0 aliphatic rings. The molecule has 1 aromatic heterocycles. The van der Waals surface area contributed by atoms with Crippen molar-refractivity contribution >= 4 is 11.6 Å². The third-order valence-electron chi connectivity index (χ3n) is 1.43. The summed E-state index contributed by atoms with van der Waals surface area (Å²) in [6.45, 7) is 5.81. The number of aromatic nitrogens is 2. The molecular weight excluding hydrogens is 176 g/mol. The zero-order chi connectivity index (χ0) is 9.35. The average molecular weight is 189 g/mol. The molecule has 0 spiro atoms. The van der Waals surface area contributed by atoms with Crippen LogP contribution >= 0.6 is 11.6 Å². The first-order valence-corrected chi connectivity index (χ1v) is 4.18. The van der Waals surface area contributed by atoms with Crippen molar-refractivity contribution in [3.8, 4) is 0 Å². The Balaban J connectivity index is 2.77. The van der Waals surface area contributed by atoms with E-state index in [-0.39, 0.29) is 0 Å². The Bertz CT molecular complexity index is 256. The highest BCUT2D eigenvalue weighted by atomic mass is 35.5. The minimum Gasteiger partial charge on any atom is -0.389 e. The van der Waals surface area contributed by atoms with Gasteiger partial charge in [-0.15, -0.1) is 0 Å². The Morgan fingerprint density at radius 1 is 1.67 bits per heavy atom. The van der Waals surface area contributed by atoms with Crippen LogP contribution in [0, 0.1) is 6.92 Å². The van der Waals surface area contributed by atoms with Gasteiger partial charge in [-0.2, -0.15) is 5.10 Å². The lowest BCUT2D eigenvalue weighted by molar-refractivity contribution is 0.0577. The molecule has 0 radical (unpaired) electrons. The van der Waals surface area contributed by atoms with Crippen LogP contribution in [0.25, 0.3) is 0 Å². The van der Waals surface area contributed by atoms with Gasteiger partial charge in [0, 0.05) is 11.8 Å². The third-order valence-corrected chi connectivity index (χ3v) is 1.81. The van der Waals surface area contributed by atoms with Gasteiger partial charge in [0.15, 0.2) is 5.15 Å².